The summed E-state index contributed by atoms with van der Waals surface area (Å²) in [6.45, 7) is 10.2. The highest BCUT2D eigenvalue weighted by molar-refractivity contribution is 5.03. The van der Waals surface area contributed by atoms with E-state index in [1.165, 1.54) is 38.5 Å². The van der Waals surface area contributed by atoms with Gasteiger partial charge in [0, 0.05) is 0 Å². The minimum absolute atomic E-state index is 0.0954. The van der Waals surface area contributed by atoms with E-state index in [2.05, 4.69) is 27.7 Å². The van der Waals surface area contributed by atoms with Crippen LogP contribution in [-0.4, -0.2) is 19.0 Å². The van der Waals surface area contributed by atoms with Gasteiger partial charge in [0.1, 0.15) is 6.10 Å². The van der Waals surface area contributed by atoms with Crippen LogP contribution in [0.25, 0.3) is 0 Å². The van der Waals surface area contributed by atoms with Crippen LogP contribution in [-0.2, 0) is 9.47 Å². The SMILES string of the molecule is CC(C)C1OC1OC[C@]1(C)C[C@H]1[C@@H](C)C1CCCCC1. The fourth-order valence-corrected chi connectivity index (χ4v) is 4.41. The van der Waals surface area contributed by atoms with Gasteiger partial charge < -0.3 is 9.47 Å². The van der Waals surface area contributed by atoms with Crippen molar-refractivity contribution >= 4 is 0 Å². The Balaban J connectivity index is 1.42. The molecule has 0 bridgehead atoms. The Kier molecular flexibility index (Phi) is 4.16. The summed E-state index contributed by atoms with van der Waals surface area (Å²) < 4.78 is 11.6. The normalized spacial score (nSPS) is 42.8. The first-order valence-electron chi connectivity index (χ1n) is 8.78. The second kappa shape index (κ2) is 5.61. The van der Waals surface area contributed by atoms with Crippen molar-refractivity contribution in [2.45, 2.75) is 78.6 Å². The molecule has 1 heterocycles. The second-order valence-electron chi connectivity index (χ2n) is 8.25. The van der Waals surface area contributed by atoms with E-state index in [9.17, 15) is 0 Å². The predicted octanol–water partition coefficient (Wildman–Crippen LogP) is 4.63. The van der Waals surface area contributed by atoms with Crippen LogP contribution in [0.2, 0.25) is 0 Å². The summed E-state index contributed by atoms with van der Waals surface area (Å²) in [5.41, 5.74) is 0.435. The van der Waals surface area contributed by atoms with E-state index >= 15 is 0 Å². The van der Waals surface area contributed by atoms with Crippen molar-refractivity contribution in [2.24, 2.45) is 29.1 Å². The van der Waals surface area contributed by atoms with Gasteiger partial charge in [0.15, 0.2) is 6.29 Å². The summed E-state index contributed by atoms with van der Waals surface area (Å²) in [6.07, 6.45) is 9.13. The molecule has 0 aromatic carbocycles. The van der Waals surface area contributed by atoms with Gasteiger partial charge in [0.2, 0.25) is 0 Å². The molecule has 116 valence electrons. The molecule has 2 aliphatic carbocycles. The third-order valence-electron chi connectivity index (χ3n) is 6.17. The highest BCUT2D eigenvalue weighted by atomic mass is 16.8. The number of rotatable bonds is 6. The van der Waals surface area contributed by atoms with Gasteiger partial charge in [-0.3, -0.25) is 0 Å². The molecule has 2 heteroatoms. The van der Waals surface area contributed by atoms with E-state index in [4.69, 9.17) is 9.47 Å². The lowest BCUT2D eigenvalue weighted by Crippen LogP contribution is -2.21. The highest BCUT2D eigenvalue weighted by Crippen LogP contribution is 2.59. The third-order valence-corrected chi connectivity index (χ3v) is 6.17. The molecule has 0 amide bonds. The van der Waals surface area contributed by atoms with Crippen molar-refractivity contribution < 1.29 is 9.47 Å². The highest BCUT2D eigenvalue weighted by Gasteiger charge is 2.55. The predicted molar refractivity (Wildman–Crippen MR) is 81.4 cm³/mol. The first-order chi connectivity index (χ1) is 9.51. The maximum Gasteiger partial charge on any atom is 0.184 e. The summed E-state index contributed by atoms with van der Waals surface area (Å²) in [7, 11) is 0. The molecule has 3 rings (SSSR count). The van der Waals surface area contributed by atoms with E-state index in [-0.39, 0.29) is 6.29 Å². The zero-order valence-electron chi connectivity index (χ0n) is 13.7. The molecule has 1 saturated heterocycles. The average Bonchev–Trinajstić information content (AvgIpc) is 3.32. The molecule has 0 spiro atoms. The molecule has 2 unspecified atom stereocenters. The first-order valence-corrected chi connectivity index (χ1v) is 8.78. The lowest BCUT2D eigenvalue weighted by atomic mass is 9.77. The molecule has 1 aliphatic heterocycles. The van der Waals surface area contributed by atoms with Gasteiger partial charge in [0.05, 0.1) is 6.61 Å². The van der Waals surface area contributed by atoms with Crippen LogP contribution in [0, 0.1) is 29.1 Å². The standard InChI is InChI=1S/C18H32O2/c1-12(2)16-17(20-16)19-11-18(4)10-15(18)13(3)14-8-6-5-7-9-14/h12-17H,5-11H2,1-4H3/t13-,15-,16?,17?,18-/m0/s1. The molecule has 0 aromatic rings. The van der Waals surface area contributed by atoms with Crippen LogP contribution in [0.15, 0.2) is 0 Å². The Morgan fingerprint density at radius 1 is 1.15 bits per heavy atom. The van der Waals surface area contributed by atoms with Crippen molar-refractivity contribution in [3.05, 3.63) is 0 Å². The largest absolute Gasteiger partial charge is 0.349 e. The van der Waals surface area contributed by atoms with Crippen LogP contribution < -0.4 is 0 Å². The third kappa shape index (κ3) is 3.06. The first kappa shape index (κ1) is 14.8. The van der Waals surface area contributed by atoms with Crippen LogP contribution >= 0.6 is 0 Å². The summed E-state index contributed by atoms with van der Waals surface area (Å²) in [4.78, 5) is 0. The van der Waals surface area contributed by atoms with Crippen LogP contribution in [0.3, 0.4) is 0 Å². The van der Waals surface area contributed by atoms with E-state index in [1.54, 1.807) is 0 Å². The number of epoxide rings is 1. The molecule has 5 atom stereocenters. The summed E-state index contributed by atoms with van der Waals surface area (Å²) in [5, 5.41) is 0. The maximum atomic E-state index is 6.00. The minimum atomic E-state index is 0.0954. The zero-order valence-corrected chi connectivity index (χ0v) is 13.7. The Labute approximate surface area is 124 Å². The lowest BCUT2D eigenvalue weighted by molar-refractivity contribution is 0.0174. The topological polar surface area (TPSA) is 21.8 Å². The van der Waals surface area contributed by atoms with Gasteiger partial charge >= 0.3 is 0 Å². The number of ether oxygens (including phenoxy) is 2. The molecule has 0 N–H and O–H groups in total. The molecule has 2 nitrogen and oxygen atoms in total. The van der Waals surface area contributed by atoms with Crippen molar-refractivity contribution in [3.8, 4) is 0 Å². The zero-order chi connectivity index (χ0) is 14.3. The van der Waals surface area contributed by atoms with Crippen molar-refractivity contribution in [1.29, 1.82) is 0 Å². The van der Waals surface area contributed by atoms with Gasteiger partial charge in [-0.15, -0.1) is 0 Å². The Morgan fingerprint density at radius 3 is 2.45 bits per heavy atom. The summed E-state index contributed by atoms with van der Waals surface area (Å²) >= 11 is 0. The van der Waals surface area contributed by atoms with E-state index < -0.39 is 0 Å². The number of hydrogen-bond donors (Lipinski definition) is 0. The maximum absolute atomic E-state index is 6.00. The second-order valence-corrected chi connectivity index (χ2v) is 8.25. The molecule has 3 aliphatic rings. The molecular weight excluding hydrogens is 248 g/mol. The summed E-state index contributed by atoms with van der Waals surface area (Å²) in [6, 6.07) is 0. The minimum Gasteiger partial charge on any atom is -0.349 e. The van der Waals surface area contributed by atoms with E-state index in [1.807, 2.05) is 0 Å². The Morgan fingerprint density at radius 2 is 1.85 bits per heavy atom. The van der Waals surface area contributed by atoms with Crippen LogP contribution in [0.5, 0.6) is 0 Å². The summed E-state index contributed by atoms with van der Waals surface area (Å²) in [5.74, 6) is 3.35. The lowest BCUT2D eigenvalue weighted by Gasteiger charge is -2.29. The quantitative estimate of drug-likeness (QED) is 0.662. The van der Waals surface area contributed by atoms with Crippen LogP contribution in [0.1, 0.15) is 66.2 Å². The van der Waals surface area contributed by atoms with Gasteiger partial charge in [-0.25, -0.2) is 0 Å². The molecule has 0 radical (unpaired) electrons. The van der Waals surface area contributed by atoms with Crippen molar-refractivity contribution in [3.63, 3.8) is 0 Å². The molecule has 3 fully saturated rings. The Bertz CT molecular complexity index is 334. The molecule has 2 saturated carbocycles. The molecule has 0 aromatic heterocycles. The van der Waals surface area contributed by atoms with Gasteiger partial charge in [0.25, 0.3) is 0 Å². The number of hydrogen-bond acceptors (Lipinski definition) is 2. The van der Waals surface area contributed by atoms with E-state index in [0.717, 1.165) is 24.4 Å². The average molecular weight is 280 g/mol. The molecule has 20 heavy (non-hydrogen) atoms. The Hall–Kier alpha value is -0.0800. The fraction of sp³-hybridized carbons (Fsp3) is 1.00. The van der Waals surface area contributed by atoms with Crippen molar-refractivity contribution in [1.82, 2.24) is 0 Å². The fourth-order valence-electron chi connectivity index (χ4n) is 4.41. The van der Waals surface area contributed by atoms with Gasteiger partial charge in [-0.1, -0.05) is 59.8 Å². The van der Waals surface area contributed by atoms with E-state index in [0.29, 0.717) is 17.4 Å². The smallest absolute Gasteiger partial charge is 0.184 e. The van der Waals surface area contributed by atoms with Crippen LogP contribution in [0.4, 0.5) is 0 Å². The molecular formula is C18H32O2. The monoisotopic (exact) mass is 280 g/mol. The van der Waals surface area contributed by atoms with Gasteiger partial charge in [-0.05, 0) is 35.5 Å². The van der Waals surface area contributed by atoms with Gasteiger partial charge in [-0.2, -0.15) is 0 Å². The van der Waals surface area contributed by atoms with Crippen molar-refractivity contribution in [2.75, 3.05) is 6.61 Å².